The van der Waals surface area contributed by atoms with Gasteiger partial charge in [0.1, 0.15) is 23.9 Å². The number of rotatable bonds is 12. The van der Waals surface area contributed by atoms with Gasteiger partial charge in [-0.25, -0.2) is 14.8 Å². The average Bonchev–Trinajstić information content (AvgIpc) is 3.71. The predicted molar refractivity (Wildman–Crippen MR) is 186 cm³/mol. The van der Waals surface area contributed by atoms with E-state index in [4.69, 9.17) is 19.4 Å². The van der Waals surface area contributed by atoms with Gasteiger partial charge < -0.3 is 19.7 Å². The van der Waals surface area contributed by atoms with Crippen LogP contribution in [0.2, 0.25) is 0 Å². The third-order valence-electron chi connectivity index (χ3n) is 8.48. The molecule has 1 amide bonds. The minimum Gasteiger partial charge on any atom is -0.488 e. The average molecular weight is 639 g/mol. The lowest BCUT2D eigenvalue weighted by Crippen LogP contribution is -2.50. The van der Waals surface area contributed by atoms with Gasteiger partial charge in [0.2, 0.25) is 5.91 Å². The number of esters is 1. The Morgan fingerprint density at radius 2 is 1.89 bits per heavy atom. The smallest absolute Gasteiger partial charge is 0.328 e. The number of ether oxygens (including phenoxy) is 2. The quantitative estimate of drug-likeness (QED) is 0.127. The van der Waals surface area contributed by atoms with Gasteiger partial charge in [-0.1, -0.05) is 82.8 Å². The highest BCUT2D eigenvalue weighted by Gasteiger charge is 2.44. The summed E-state index contributed by atoms with van der Waals surface area (Å²) in [7, 11) is 1.35. The maximum Gasteiger partial charge on any atom is 0.328 e. The largest absolute Gasteiger partial charge is 0.488 e. The summed E-state index contributed by atoms with van der Waals surface area (Å²) in [5.74, 6) is -0.110. The summed E-state index contributed by atoms with van der Waals surface area (Å²) in [6, 6.07) is 16.4. The summed E-state index contributed by atoms with van der Waals surface area (Å²) in [5.41, 5.74) is 4.22. The molecule has 9 heteroatoms. The first kappa shape index (κ1) is 32.9. The Kier molecular flexibility index (Phi) is 9.91. The molecule has 3 heterocycles. The number of hydrogen-bond donors (Lipinski definition) is 1. The maximum absolute atomic E-state index is 14.2. The molecular weight excluding hydrogens is 596 g/mol. The molecule has 2 aromatic heterocycles. The van der Waals surface area contributed by atoms with Crippen molar-refractivity contribution >= 4 is 45.3 Å². The van der Waals surface area contributed by atoms with Crippen molar-refractivity contribution in [3.63, 3.8) is 0 Å². The second-order valence-corrected chi connectivity index (χ2v) is 13.5. The van der Waals surface area contributed by atoms with Gasteiger partial charge in [0.05, 0.1) is 30.6 Å². The first-order valence-electron chi connectivity index (χ1n) is 15.6. The van der Waals surface area contributed by atoms with E-state index in [1.807, 2.05) is 79.9 Å². The van der Waals surface area contributed by atoms with Crippen molar-refractivity contribution in [1.29, 1.82) is 0 Å². The summed E-state index contributed by atoms with van der Waals surface area (Å²) >= 11 is 1.47. The molecular formula is C37H42N4O4S. The number of nitrogens with zero attached hydrogens (tertiary/aromatic N) is 3. The number of fused-ring (bicyclic) bond motifs is 1. The second kappa shape index (κ2) is 13.9. The van der Waals surface area contributed by atoms with E-state index in [-0.39, 0.29) is 23.8 Å². The van der Waals surface area contributed by atoms with Crippen molar-refractivity contribution in [3.05, 3.63) is 90.5 Å². The van der Waals surface area contributed by atoms with E-state index in [2.05, 4.69) is 32.3 Å². The molecule has 3 atom stereocenters. The number of allylic oxidation sites excluding steroid dienone is 1. The minimum absolute atomic E-state index is 0.0748. The zero-order valence-corrected chi connectivity index (χ0v) is 28.0. The van der Waals surface area contributed by atoms with Gasteiger partial charge in [-0.3, -0.25) is 4.79 Å². The number of carbonyl (C=O) groups is 2. The summed E-state index contributed by atoms with van der Waals surface area (Å²) in [6.45, 7) is 16.2. The fraction of sp³-hybridized carbons (Fsp3) is 0.351. The molecule has 0 saturated carbocycles. The Labute approximate surface area is 275 Å². The van der Waals surface area contributed by atoms with E-state index in [1.54, 1.807) is 11.0 Å². The van der Waals surface area contributed by atoms with Crippen LogP contribution in [0.5, 0.6) is 5.75 Å². The lowest BCUT2D eigenvalue weighted by atomic mass is 9.86. The lowest BCUT2D eigenvalue weighted by Gasteiger charge is -2.29. The van der Waals surface area contributed by atoms with Crippen molar-refractivity contribution in [3.8, 4) is 17.0 Å². The number of likely N-dealkylation sites (tertiary alicyclic amines) is 1. The minimum atomic E-state index is -0.783. The van der Waals surface area contributed by atoms with Crippen molar-refractivity contribution in [2.45, 2.75) is 64.1 Å². The van der Waals surface area contributed by atoms with Crippen LogP contribution in [-0.2, 0) is 19.7 Å². The molecule has 0 spiro atoms. The number of pyridine rings is 1. The lowest BCUT2D eigenvalue weighted by molar-refractivity contribution is -0.151. The molecule has 5 rings (SSSR count). The van der Waals surface area contributed by atoms with Crippen LogP contribution in [0.4, 0.5) is 5.13 Å². The monoisotopic (exact) mass is 638 g/mol. The number of aromatic nitrogens is 2. The van der Waals surface area contributed by atoms with Crippen LogP contribution in [0.15, 0.2) is 79.2 Å². The van der Waals surface area contributed by atoms with Gasteiger partial charge in [0.15, 0.2) is 5.13 Å². The molecule has 46 heavy (non-hydrogen) atoms. The number of anilines is 1. The van der Waals surface area contributed by atoms with Crippen molar-refractivity contribution in [2.24, 2.45) is 5.92 Å². The molecule has 1 aliphatic rings. The zero-order valence-electron chi connectivity index (χ0n) is 27.2. The molecule has 1 fully saturated rings. The number of thiazole rings is 1. The number of nitrogens with one attached hydrogen (secondary N) is 1. The molecule has 1 N–H and O–H groups in total. The number of carbonyl (C=O) groups excluding carboxylic acids is 2. The Hall–Kier alpha value is -4.50. The topological polar surface area (TPSA) is 93.7 Å². The van der Waals surface area contributed by atoms with Crippen LogP contribution in [-0.4, -0.2) is 58.6 Å². The standard InChI is InChI=1S/C37H42N4O4S/c1-8-17-37(5,6)32-22-46-36(39-32)40-33(23(3)4)34(42)41-21-26(19-30(41)35(43)44-7)45-31-20-29(25-13-11-10-12-14-25)38-28-16-15-24(9-2)18-27(28)31/h8-16,18,20,22-23,26,30,33H,1-2,17,19,21H2,3-7H3,(H,39,40)/t26-,30+,33+/m1/s1. The number of methoxy groups -OCH3 is 1. The highest BCUT2D eigenvalue weighted by Crippen LogP contribution is 2.35. The first-order chi connectivity index (χ1) is 22.0. The zero-order chi connectivity index (χ0) is 33.0. The Morgan fingerprint density at radius 1 is 1.13 bits per heavy atom. The Balaban J connectivity index is 1.43. The van der Waals surface area contributed by atoms with Gasteiger partial charge >= 0.3 is 5.97 Å². The van der Waals surface area contributed by atoms with Crippen LogP contribution in [0.1, 0.15) is 51.8 Å². The Bertz CT molecular complexity index is 1730. The van der Waals surface area contributed by atoms with Gasteiger partial charge in [-0.05, 0) is 30.0 Å². The molecule has 0 radical (unpaired) electrons. The third-order valence-corrected chi connectivity index (χ3v) is 9.25. The van der Waals surface area contributed by atoms with Crippen LogP contribution < -0.4 is 10.1 Å². The van der Waals surface area contributed by atoms with Gasteiger partial charge in [-0.15, -0.1) is 17.9 Å². The third kappa shape index (κ3) is 6.99. The summed E-state index contributed by atoms with van der Waals surface area (Å²) < 4.78 is 11.8. The van der Waals surface area contributed by atoms with Crippen LogP contribution >= 0.6 is 11.3 Å². The van der Waals surface area contributed by atoms with E-state index in [0.29, 0.717) is 17.3 Å². The van der Waals surface area contributed by atoms with Crippen LogP contribution in [0, 0.1) is 5.92 Å². The summed E-state index contributed by atoms with van der Waals surface area (Å²) in [4.78, 5) is 38.6. The molecule has 2 aromatic carbocycles. The molecule has 0 unspecified atom stereocenters. The highest BCUT2D eigenvalue weighted by molar-refractivity contribution is 7.13. The van der Waals surface area contributed by atoms with E-state index >= 15 is 0 Å². The molecule has 0 bridgehead atoms. The second-order valence-electron chi connectivity index (χ2n) is 12.6. The van der Waals surface area contributed by atoms with Gasteiger partial charge in [0, 0.05) is 34.2 Å². The fourth-order valence-corrected chi connectivity index (χ4v) is 6.74. The predicted octanol–water partition coefficient (Wildman–Crippen LogP) is 7.51. The van der Waals surface area contributed by atoms with E-state index in [9.17, 15) is 9.59 Å². The number of amides is 1. The molecule has 4 aromatic rings. The van der Waals surface area contributed by atoms with Crippen molar-refractivity contribution < 1.29 is 19.1 Å². The Morgan fingerprint density at radius 3 is 2.57 bits per heavy atom. The maximum atomic E-state index is 14.2. The fourth-order valence-electron chi connectivity index (χ4n) is 5.80. The van der Waals surface area contributed by atoms with Crippen LogP contribution in [0.25, 0.3) is 28.2 Å². The normalized spacial score (nSPS) is 17.1. The summed E-state index contributed by atoms with van der Waals surface area (Å²) in [5, 5.41) is 6.89. The number of hydrogen-bond acceptors (Lipinski definition) is 8. The molecule has 1 saturated heterocycles. The van der Waals surface area contributed by atoms with Crippen LogP contribution in [0.3, 0.4) is 0 Å². The van der Waals surface area contributed by atoms with Crippen molar-refractivity contribution in [2.75, 3.05) is 19.0 Å². The molecule has 240 valence electrons. The van der Waals surface area contributed by atoms with E-state index in [0.717, 1.165) is 39.8 Å². The summed E-state index contributed by atoms with van der Waals surface area (Å²) in [6.07, 6.45) is 4.30. The van der Waals surface area contributed by atoms with E-state index in [1.165, 1.54) is 18.4 Å². The molecule has 8 nitrogen and oxygen atoms in total. The molecule has 0 aliphatic carbocycles. The first-order valence-corrected chi connectivity index (χ1v) is 16.4. The highest BCUT2D eigenvalue weighted by atomic mass is 32.1. The number of benzene rings is 2. The molecule has 1 aliphatic heterocycles. The SMILES string of the molecule is C=CCC(C)(C)c1csc(N[C@H](C(=O)N2C[C@H](Oc3cc(-c4ccccc4)nc4ccc(C=C)cc34)C[C@H]2C(=O)OC)C(C)C)n1. The van der Waals surface area contributed by atoms with E-state index < -0.39 is 24.2 Å². The van der Waals surface area contributed by atoms with Gasteiger partial charge in [0.25, 0.3) is 0 Å². The van der Waals surface area contributed by atoms with Gasteiger partial charge in [-0.2, -0.15) is 0 Å². The van der Waals surface area contributed by atoms with Crippen molar-refractivity contribution in [1.82, 2.24) is 14.9 Å².